The predicted octanol–water partition coefficient (Wildman–Crippen LogP) is 4.43. The molecule has 1 saturated heterocycles. The van der Waals surface area contributed by atoms with E-state index >= 15 is 0 Å². The van der Waals surface area contributed by atoms with Crippen molar-refractivity contribution in [2.45, 2.75) is 25.7 Å². The lowest BCUT2D eigenvalue weighted by atomic mass is 9.96. The van der Waals surface area contributed by atoms with Crippen molar-refractivity contribution in [3.05, 3.63) is 53.3 Å². The smallest absolute Gasteiger partial charge is 0.238 e. The highest BCUT2D eigenvalue weighted by molar-refractivity contribution is 6.31. The van der Waals surface area contributed by atoms with Gasteiger partial charge in [0.1, 0.15) is 11.6 Å². The van der Waals surface area contributed by atoms with E-state index in [9.17, 15) is 4.79 Å². The third-order valence-electron chi connectivity index (χ3n) is 5.25. The Morgan fingerprint density at radius 3 is 2.72 bits per heavy atom. The van der Waals surface area contributed by atoms with Crippen LogP contribution >= 0.6 is 11.6 Å². The zero-order chi connectivity index (χ0) is 20.2. The molecule has 0 atom stereocenters. The van der Waals surface area contributed by atoms with Gasteiger partial charge in [-0.1, -0.05) is 11.6 Å². The Hall–Kier alpha value is -2.57. The van der Waals surface area contributed by atoms with Gasteiger partial charge in [0, 0.05) is 16.6 Å². The van der Waals surface area contributed by atoms with Gasteiger partial charge in [0.25, 0.3) is 0 Å². The molecule has 3 aromatic rings. The molecule has 1 amide bonds. The fourth-order valence-corrected chi connectivity index (χ4v) is 3.94. The molecule has 0 unspecified atom stereocenters. The molecule has 29 heavy (non-hydrogen) atoms. The molecule has 2 N–H and O–H groups in total. The first-order valence-corrected chi connectivity index (χ1v) is 10.4. The Morgan fingerprint density at radius 1 is 1.24 bits per heavy atom. The summed E-state index contributed by atoms with van der Waals surface area (Å²) in [6.07, 6.45) is 1.95. The summed E-state index contributed by atoms with van der Waals surface area (Å²) in [5.41, 5.74) is 2.71. The number of fused-ring (bicyclic) bond motifs is 1. The van der Waals surface area contributed by atoms with Gasteiger partial charge in [-0.3, -0.25) is 9.69 Å². The molecule has 1 aromatic heterocycles. The summed E-state index contributed by atoms with van der Waals surface area (Å²) < 4.78 is 5.42. The maximum absolute atomic E-state index is 12.4. The minimum Gasteiger partial charge on any atom is -0.494 e. The molecule has 2 aromatic carbocycles. The van der Waals surface area contributed by atoms with Crippen molar-refractivity contribution < 1.29 is 9.53 Å². The predicted molar refractivity (Wildman–Crippen MR) is 116 cm³/mol. The number of rotatable bonds is 6. The van der Waals surface area contributed by atoms with Crippen LogP contribution in [0.15, 0.2) is 42.5 Å². The van der Waals surface area contributed by atoms with Gasteiger partial charge in [-0.25, -0.2) is 4.98 Å². The van der Waals surface area contributed by atoms with E-state index < -0.39 is 0 Å². The zero-order valence-corrected chi connectivity index (χ0v) is 17.2. The Balaban J connectivity index is 1.28. The lowest BCUT2D eigenvalue weighted by Crippen LogP contribution is -2.38. The number of carbonyl (C=O) groups is 1. The van der Waals surface area contributed by atoms with Crippen LogP contribution < -0.4 is 10.1 Å². The van der Waals surface area contributed by atoms with Gasteiger partial charge in [-0.05, 0) is 75.3 Å². The Morgan fingerprint density at radius 2 is 2.00 bits per heavy atom. The SMILES string of the molecule is CCOc1ccc(NC(=O)CN2CCC(c3nc4ccc(Cl)cc4[nH]3)CC2)cc1. The number of aromatic nitrogens is 2. The first-order chi connectivity index (χ1) is 14.1. The highest BCUT2D eigenvalue weighted by Gasteiger charge is 2.24. The van der Waals surface area contributed by atoms with Crippen LogP contribution in [0.3, 0.4) is 0 Å². The van der Waals surface area contributed by atoms with Gasteiger partial charge in [0.15, 0.2) is 0 Å². The number of piperidine rings is 1. The second-order valence-corrected chi connectivity index (χ2v) is 7.78. The van der Waals surface area contributed by atoms with Gasteiger partial charge in [0.05, 0.1) is 24.2 Å². The first-order valence-electron chi connectivity index (χ1n) is 10.0. The standard InChI is InChI=1S/C22H25ClN4O2/c1-2-29-18-6-4-17(5-7-18)24-21(28)14-27-11-9-15(10-12-27)22-25-19-8-3-16(23)13-20(19)26-22/h3-8,13,15H,2,9-12,14H2,1H3,(H,24,28)(H,25,26). The van der Waals surface area contributed by atoms with Crippen LogP contribution in [0.1, 0.15) is 31.5 Å². The average molecular weight is 413 g/mol. The molecule has 152 valence electrons. The number of benzene rings is 2. The van der Waals surface area contributed by atoms with E-state index in [0.717, 1.165) is 54.2 Å². The maximum atomic E-state index is 12.4. The number of H-pyrrole nitrogens is 1. The minimum absolute atomic E-state index is 0.00555. The second-order valence-electron chi connectivity index (χ2n) is 7.34. The molecule has 0 spiro atoms. The molecule has 0 radical (unpaired) electrons. The number of nitrogens with zero attached hydrogens (tertiary/aromatic N) is 2. The molecule has 1 aliphatic rings. The van der Waals surface area contributed by atoms with Crippen LogP contribution in [0.2, 0.25) is 5.02 Å². The number of amides is 1. The van der Waals surface area contributed by atoms with Crippen LogP contribution in [0.5, 0.6) is 5.75 Å². The number of imidazole rings is 1. The van der Waals surface area contributed by atoms with E-state index in [2.05, 4.69) is 15.2 Å². The Kier molecular flexibility index (Phi) is 6.02. The minimum atomic E-state index is 0.00555. The fraction of sp³-hybridized carbons (Fsp3) is 0.364. The van der Waals surface area contributed by atoms with Crippen molar-refractivity contribution >= 4 is 34.2 Å². The van der Waals surface area contributed by atoms with E-state index in [1.807, 2.05) is 49.4 Å². The molecule has 6 nitrogen and oxygen atoms in total. The lowest BCUT2D eigenvalue weighted by molar-refractivity contribution is -0.117. The topological polar surface area (TPSA) is 70.2 Å². The quantitative estimate of drug-likeness (QED) is 0.628. The summed E-state index contributed by atoms with van der Waals surface area (Å²) >= 11 is 6.06. The number of likely N-dealkylation sites (tertiary alicyclic amines) is 1. The van der Waals surface area contributed by atoms with Gasteiger partial charge >= 0.3 is 0 Å². The van der Waals surface area contributed by atoms with Crippen molar-refractivity contribution in [3.8, 4) is 5.75 Å². The highest BCUT2D eigenvalue weighted by atomic mass is 35.5. The van der Waals surface area contributed by atoms with Crippen molar-refractivity contribution in [2.24, 2.45) is 0 Å². The van der Waals surface area contributed by atoms with Crippen LogP contribution in [-0.4, -0.2) is 47.0 Å². The van der Waals surface area contributed by atoms with Gasteiger partial charge in [-0.2, -0.15) is 0 Å². The third kappa shape index (κ3) is 4.89. The molecule has 0 aliphatic carbocycles. The van der Waals surface area contributed by atoms with Gasteiger partial charge < -0.3 is 15.0 Å². The highest BCUT2D eigenvalue weighted by Crippen LogP contribution is 2.28. The number of aromatic amines is 1. The molecule has 2 heterocycles. The normalized spacial score (nSPS) is 15.5. The molecular weight excluding hydrogens is 388 g/mol. The van der Waals surface area contributed by atoms with Crippen LogP contribution in [0.25, 0.3) is 11.0 Å². The number of ether oxygens (including phenoxy) is 1. The third-order valence-corrected chi connectivity index (χ3v) is 5.49. The average Bonchev–Trinajstić information content (AvgIpc) is 3.13. The van der Waals surface area contributed by atoms with Crippen molar-refractivity contribution in [1.29, 1.82) is 0 Å². The summed E-state index contributed by atoms with van der Waals surface area (Å²) in [5, 5.41) is 3.67. The molecule has 1 aliphatic heterocycles. The summed E-state index contributed by atoms with van der Waals surface area (Å²) in [7, 11) is 0. The number of hydrogen-bond donors (Lipinski definition) is 2. The summed E-state index contributed by atoms with van der Waals surface area (Å²) in [6, 6.07) is 13.2. The molecule has 1 fully saturated rings. The van der Waals surface area contributed by atoms with Crippen LogP contribution in [-0.2, 0) is 4.79 Å². The summed E-state index contributed by atoms with van der Waals surface area (Å²) in [5.74, 6) is 2.21. The molecule has 0 bridgehead atoms. The number of nitrogens with one attached hydrogen (secondary N) is 2. The van der Waals surface area contributed by atoms with Crippen molar-refractivity contribution in [2.75, 3.05) is 31.6 Å². The van der Waals surface area contributed by atoms with Crippen LogP contribution in [0, 0.1) is 0 Å². The van der Waals surface area contributed by atoms with Crippen molar-refractivity contribution in [3.63, 3.8) is 0 Å². The monoisotopic (exact) mass is 412 g/mol. The maximum Gasteiger partial charge on any atom is 0.238 e. The second kappa shape index (κ2) is 8.84. The van der Waals surface area contributed by atoms with Crippen LogP contribution in [0.4, 0.5) is 5.69 Å². The molecule has 0 saturated carbocycles. The van der Waals surface area contributed by atoms with Gasteiger partial charge in [-0.15, -0.1) is 0 Å². The van der Waals surface area contributed by atoms with E-state index in [-0.39, 0.29) is 5.91 Å². The lowest BCUT2D eigenvalue weighted by Gasteiger charge is -2.30. The summed E-state index contributed by atoms with van der Waals surface area (Å²) in [6.45, 7) is 4.72. The van der Waals surface area contributed by atoms with E-state index in [1.165, 1.54) is 0 Å². The molecule has 7 heteroatoms. The molecule has 4 rings (SSSR count). The molecular formula is C22H25ClN4O2. The number of halogens is 1. The number of carbonyl (C=O) groups excluding carboxylic acids is 1. The Labute approximate surface area is 175 Å². The zero-order valence-electron chi connectivity index (χ0n) is 16.5. The van der Waals surface area contributed by atoms with E-state index in [1.54, 1.807) is 0 Å². The largest absolute Gasteiger partial charge is 0.494 e. The summed E-state index contributed by atoms with van der Waals surface area (Å²) in [4.78, 5) is 22.7. The first kappa shape index (κ1) is 19.7. The van der Waals surface area contributed by atoms with E-state index in [0.29, 0.717) is 24.1 Å². The Bertz CT molecular complexity index is 978. The van der Waals surface area contributed by atoms with Gasteiger partial charge in [0.2, 0.25) is 5.91 Å². The fourth-order valence-electron chi connectivity index (χ4n) is 3.76. The number of hydrogen-bond acceptors (Lipinski definition) is 4. The van der Waals surface area contributed by atoms with Crippen molar-refractivity contribution in [1.82, 2.24) is 14.9 Å². The number of anilines is 1. The van der Waals surface area contributed by atoms with E-state index in [4.69, 9.17) is 21.3 Å².